The molecule has 0 aliphatic rings. The highest BCUT2D eigenvalue weighted by Gasteiger charge is 2.06. The van der Waals surface area contributed by atoms with Crippen LogP contribution < -0.4 is 15.4 Å². The number of nitrogens with zero attached hydrogens (tertiary/aromatic N) is 2. The minimum Gasteiger partial charge on any atom is -0.476 e. The van der Waals surface area contributed by atoms with E-state index in [9.17, 15) is 0 Å². The van der Waals surface area contributed by atoms with E-state index in [2.05, 4.69) is 34.5 Å². The van der Waals surface area contributed by atoms with Crippen molar-refractivity contribution in [2.24, 2.45) is 10.9 Å². The molecule has 1 rings (SSSR count). The third-order valence-electron chi connectivity index (χ3n) is 2.53. The molecular formula is C15H26ClIN4O. The van der Waals surface area contributed by atoms with Crippen molar-refractivity contribution >= 4 is 41.5 Å². The van der Waals surface area contributed by atoms with Crippen molar-refractivity contribution in [2.75, 3.05) is 19.7 Å². The maximum Gasteiger partial charge on any atom is 0.232 e. The molecule has 0 fully saturated rings. The second-order valence-corrected chi connectivity index (χ2v) is 5.47. The zero-order valence-corrected chi connectivity index (χ0v) is 16.7. The van der Waals surface area contributed by atoms with Gasteiger partial charge >= 0.3 is 0 Å². The molecule has 0 unspecified atom stereocenters. The van der Waals surface area contributed by atoms with Crippen LogP contribution in [-0.2, 0) is 6.54 Å². The van der Waals surface area contributed by atoms with E-state index in [0.29, 0.717) is 30.0 Å². The Labute approximate surface area is 155 Å². The number of halogens is 2. The highest BCUT2D eigenvalue weighted by Crippen LogP contribution is 2.23. The van der Waals surface area contributed by atoms with Crippen molar-refractivity contribution in [2.45, 2.75) is 34.2 Å². The zero-order chi connectivity index (χ0) is 15.7. The van der Waals surface area contributed by atoms with E-state index in [-0.39, 0.29) is 24.0 Å². The summed E-state index contributed by atoms with van der Waals surface area (Å²) in [5, 5.41) is 6.87. The summed E-state index contributed by atoms with van der Waals surface area (Å²) in [6.45, 7) is 11.0. The van der Waals surface area contributed by atoms with Crippen LogP contribution in [0.1, 0.15) is 33.3 Å². The highest BCUT2D eigenvalue weighted by atomic mass is 127. The molecule has 0 radical (unpaired) electrons. The number of aromatic nitrogens is 1. The molecule has 1 aromatic heterocycles. The molecule has 0 bridgehead atoms. The first-order chi connectivity index (χ1) is 10.1. The van der Waals surface area contributed by atoms with Gasteiger partial charge in [-0.25, -0.2) is 9.98 Å². The predicted octanol–water partition coefficient (Wildman–Crippen LogP) is 3.46. The molecule has 1 heterocycles. The monoisotopic (exact) mass is 440 g/mol. The van der Waals surface area contributed by atoms with Gasteiger partial charge in [0.2, 0.25) is 5.88 Å². The summed E-state index contributed by atoms with van der Waals surface area (Å²) >= 11 is 6.18. The summed E-state index contributed by atoms with van der Waals surface area (Å²) in [7, 11) is 0. The van der Waals surface area contributed by atoms with E-state index in [1.54, 1.807) is 6.20 Å². The Morgan fingerprint density at radius 3 is 2.45 bits per heavy atom. The second-order valence-electron chi connectivity index (χ2n) is 5.06. The van der Waals surface area contributed by atoms with E-state index in [0.717, 1.165) is 24.6 Å². The van der Waals surface area contributed by atoms with Gasteiger partial charge in [-0.05, 0) is 31.4 Å². The Morgan fingerprint density at radius 1 is 1.32 bits per heavy atom. The van der Waals surface area contributed by atoms with Crippen molar-refractivity contribution in [3.63, 3.8) is 0 Å². The Balaban J connectivity index is 0.00000441. The molecule has 0 aromatic carbocycles. The van der Waals surface area contributed by atoms with Crippen molar-refractivity contribution in [1.29, 1.82) is 0 Å². The first kappa shape index (κ1) is 21.2. The maximum absolute atomic E-state index is 6.18. The molecule has 7 heteroatoms. The lowest BCUT2D eigenvalue weighted by Crippen LogP contribution is -2.36. The van der Waals surface area contributed by atoms with Crippen molar-refractivity contribution in [1.82, 2.24) is 15.6 Å². The standard InChI is InChI=1S/C15H25ClN4O.HI/c1-5-17-15(18-6-2)20-9-12-7-13(16)14(19-8-12)21-10-11(3)4;/h7-8,11H,5-6,9-10H2,1-4H3,(H2,17,18,20);1H. The van der Waals surface area contributed by atoms with Crippen LogP contribution in [-0.4, -0.2) is 30.6 Å². The van der Waals surface area contributed by atoms with Gasteiger partial charge in [0.25, 0.3) is 0 Å². The lowest BCUT2D eigenvalue weighted by molar-refractivity contribution is 0.261. The molecule has 0 spiro atoms. The highest BCUT2D eigenvalue weighted by molar-refractivity contribution is 14.0. The van der Waals surface area contributed by atoms with E-state index < -0.39 is 0 Å². The summed E-state index contributed by atoms with van der Waals surface area (Å²) < 4.78 is 5.55. The Kier molecular flexibility index (Phi) is 11.4. The van der Waals surface area contributed by atoms with Gasteiger partial charge < -0.3 is 15.4 Å². The quantitative estimate of drug-likeness (QED) is 0.387. The van der Waals surface area contributed by atoms with Crippen LogP contribution in [0.4, 0.5) is 0 Å². The summed E-state index contributed by atoms with van der Waals surface area (Å²) in [5.74, 6) is 1.71. The Bertz CT molecular complexity index is 461. The molecule has 0 aliphatic heterocycles. The number of hydrogen-bond donors (Lipinski definition) is 2. The third kappa shape index (κ3) is 8.03. The number of hydrogen-bond acceptors (Lipinski definition) is 3. The fourth-order valence-corrected chi connectivity index (χ4v) is 1.83. The van der Waals surface area contributed by atoms with Gasteiger partial charge in [-0.15, -0.1) is 24.0 Å². The molecule has 2 N–H and O–H groups in total. The fraction of sp³-hybridized carbons (Fsp3) is 0.600. The van der Waals surface area contributed by atoms with Crippen LogP contribution in [0, 0.1) is 5.92 Å². The number of rotatable bonds is 7. The Morgan fingerprint density at radius 2 is 1.95 bits per heavy atom. The van der Waals surface area contributed by atoms with Crippen LogP contribution in [0.15, 0.2) is 17.3 Å². The lowest BCUT2D eigenvalue weighted by atomic mass is 10.2. The number of pyridine rings is 1. The number of guanidine groups is 1. The first-order valence-electron chi connectivity index (χ1n) is 7.36. The van der Waals surface area contributed by atoms with Gasteiger partial charge in [0.1, 0.15) is 5.02 Å². The van der Waals surface area contributed by atoms with Gasteiger partial charge in [-0.3, -0.25) is 0 Å². The normalized spacial score (nSPS) is 9.91. The van der Waals surface area contributed by atoms with Crippen LogP contribution in [0.3, 0.4) is 0 Å². The molecule has 22 heavy (non-hydrogen) atoms. The van der Waals surface area contributed by atoms with Crippen molar-refractivity contribution < 1.29 is 4.74 Å². The van der Waals surface area contributed by atoms with Crippen LogP contribution in [0.25, 0.3) is 0 Å². The average molecular weight is 441 g/mol. The second kappa shape index (κ2) is 11.8. The van der Waals surface area contributed by atoms with Crippen molar-refractivity contribution in [3.8, 4) is 5.88 Å². The summed E-state index contributed by atoms with van der Waals surface area (Å²) in [5.41, 5.74) is 0.949. The van der Waals surface area contributed by atoms with Gasteiger partial charge in [0.05, 0.1) is 13.2 Å². The van der Waals surface area contributed by atoms with Crippen LogP contribution in [0.5, 0.6) is 5.88 Å². The summed E-state index contributed by atoms with van der Waals surface area (Å²) in [6.07, 6.45) is 1.75. The Hall–Kier alpha value is -0.760. The molecule has 0 aliphatic carbocycles. The minimum absolute atomic E-state index is 0. The molecule has 1 aromatic rings. The fourth-order valence-electron chi connectivity index (χ4n) is 1.58. The van der Waals surface area contributed by atoms with E-state index in [1.807, 2.05) is 19.9 Å². The van der Waals surface area contributed by atoms with E-state index in [4.69, 9.17) is 16.3 Å². The molecule has 126 valence electrons. The summed E-state index contributed by atoms with van der Waals surface area (Å²) in [4.78, 5) is 8.73. The van der Waals surface area contributed by atoms with Crippen LogP contribution >= 0.6 is 35.6 Å². The summed E-state index contributed by atoms with van der Waals surface area (Å²) in [6, 6.07) is 1.85. The topological polar surface area (TPSA) is 58.5 Å². The van der Waals surface area contributed by atoms with Crippen LogP contribution in [0.2, 0.25) is 5.02 Å². The molecule has 0 saturated carbocycles. The predicted molar refractivity (Wildman–Crippen MR) is 103 cm³/mol. The molecule has 0 amide bonds. The number of nitrogens with one attached hydrogen (secondary N) is 2. The van der Waals surface area contributed by atoms with Gasteiger partial charge in [0.15, 0.2) is 5.96 Å². The zero-order valence-electron chi connectivity index (χ0n) is 13.6. The number of aliphatic imine (C=N–C) groups is 1. The lowest BCUT2D eigenvalue weighted by Gasteiger charge is -2.11. The van der Waals surface area contributed by atoms with Gasteiger partial charge in [-0.2, -0.15) is 0 Å². The average Bonchev–Trinajstić information content (AvgIpc) is 2.44. The molecular weight excluding hydrogens is 415 g/mol. The number of ether oxygens (including phenoxy) is 1. The smallest absolute Gasteiger partial charge is 0.232 e. The van der Waals surface area contributed by atoms with Gasteiger partial charge in [0, 0.05) is 19.3 Å². The van der Waals surface area contributed by atoms with E-state index >= 15 is 0 Å². The molecule has 0 saturated heterocycles. The largest absolute Gasteiger partial charge is 0.476 e. The maximum atomic E-state index is 6.18. The van der Waals surface area contributed by atoms with E-state index in [1.165, 1.54) is 0 Å². The first-order valence-corrected chi connectivity index (χ1v) is 7.74. The molecule has 5 nitrogen and oxygen atoms in total. The minimum atomic E-state index is 0. The third-order valence-corrected chi connectivity index (χ3v) is 2.80. The van der Waals surface area contributed by atoms with Gasteiger partial charge in [-0.1, -0.05) is 25.4 Å². The SMILES string of the molecule is CCNC(=NCc1cnc(OCC(C)C)c(Cl)c1)NCC.I. The van der Waals surface area contributed by atoms with Crippen molar-refractivity contribution in [3.05, 3.63) is 22.8 Å². The molecule has 0 atom stereocenters.